The predicted octanol–water partition coefficient (Wildman–Crippen LogP) is 10.4. The normalized spacial score (nSPS) is 18.2. The molecule has 2 aliphatic carbocycles. The van der Waals surface area contributed by atoms with Gasteiger partial charge in [0.25, 0.3) is 11.8 Å². The number of ether oxygens (including phenoxy) is 3. The number of halogens is 2. The molecule has 0 unspecified atom stereocenters. The van der Waals surface area contributed by atoms with E-state index in [-0.39, 0.29) is 65.2 Å². The van der Waals surface area contributed by atoms with Crippen LogP contribution >= 0.6 is 23.5 Å². The van der Waals surface area contributed by atoms with E-state index in [2.05, 4.69) is 20.6 Å². The Kier molecular flexibility index (Phi) is 17.1. The van der Waals surface area contributed by atoms with Crippen LogP contribution < -0.4 is 20.1 Å². The number of esters is 1. The number of pyridine rings is 2. The minimum atomic E-state index is -0.620. The van der Waals surface area contributed by atoms with Gasteiger partial charge in [-0.15, -0.1) is 23.5 Å². The van der Waals surface area contributed by atoms with E-state index in [1.165, 1.54) is 0 Å². The minimum absolute atomic E-state index is 0.0314. The zero-order valence-electron chi connectivity index (χ0n) is 35.3. The zero-order chi connectivity index (χ0) is 44.7. The number of nitrogens with zero attached hydrogens (tertiary/aromatic N) is 2. The number of hydrogen-bond donors (Lipinski definition) is 2. The van der Waals surface area contributed by atoms with Crippen LogP contribution in [0.5, 0.6) is 23.3 Å². The highest BCUT2D eigenvalue weighted by Gasteiger charge is 2.30. The van der Waals surface area contributed by atoms with Crippen LogP contribution in [0, 0.1) is 23.5 Å². The van der Waals surface area contributed by atoms with Crippen LogP contribution in [0.4, 0.5) is 8.78 Å². The second-order valence-electron chi connectivity index (χ2n) is 15.3. The minimum Gasteiger partial charge on any atom is -0.461 e. The number of thioether (sulfide) groups is 2. The van der Waals surface area contributed by atoms with Crippen LogP contribution in [0.1, 0.15) is 84.6 Å². The molecule has 2 N–H and O–H groups in total. The van der Waals surface area contributed by atoms with Crippen molar-refractivity contribution in [1.82, 2.24) is 20.6 Å². The third-order valence-corrected chi connectivity index (χ3v) is 12.3. The molecule has 3 aromatic carbocycles. The van der Waals surface area contributed by atoms with Gasteiger partial charge in [0.2, 0.25) is 11.8 Å². The van der Waals surface area contributed by atoms with Crippen LogP contribution in [0.25, 0.3) is 0 Å². The predicted molar refractivity (Wildman–Crippen MR) is 238 cm³/mol. The number of carbonyl (C=O) groups is 4. The lowest BCUT2D eigenvalue weighted by Gasteiger charge is -2.28. The molecule has 2 saturated carbocycles. The van der Waals surface area contributed by atoms with Gasteiger partial charge in [0.1, 0.15) is 46.7 Å². The molecule has 11 nitrogen and oxygen atoms in total. The average molecular weight is 897 g/mol. The first-order valence-corrected chi connectivity index (χ1v) is 23.2. The molecule has 7 rings (SSSR count). The molecule has 0 radical (unpaired) electrons. The van der Waals surface area contributed by atoms with E-state index in [4.69, 9.17) is 14.2 Å². The van der Waals surface area contributed by atoms with Crippen LogP contribution in [-0.2, 0) is 20.9 Å². The molecule has 0 saturated heterocycles. The quantitative estimate of drug-likeness (QED) is 0.0811. The van der Waals surface area contributed by atoms with Crippen molar-refractivity contribution in [2.45, 2.75) is 86.8 Å². The highest BCUT2D eigenvalue weighted by atomic mass is 32.2. The fourth-order valence-corrected chi connectivity index (χ4v) is 8.28. The lowest BCUT2D eigenvalue weighted by Crippen LogP contribution is -2.39. The number of hydrogen-bond acceptors (Lipinski definition) is 11. The number of benzene rings is 3. The average Bonchev–Trinajstić information content (AvgIpc) is 3.30. The second-order valence-corrected chi connectivity index (χ2v) is 17.1. The number of amides is 2. The number of ketones is 1. The molecule has 0 bridgehead atoms. The number of nitrogens with one attached hydrogen (secondary N) is 2. The van der Waals surface area contributed by atoms with Gasteiger partial charge in [0, 0.05) is 27.8 Å². The Labute approximate surface area is 374 Å². The highest BCUT2D eigenvalue weighted by molar-refractivity contribution is 7.98. The first-order valence-electron chi connectivity index (χ1n) is 20.8. The largest absolute Gasteiger partial charge is 0.461 e. The summed E-state index contributed by atoms with van der Waals surface area (Å²) in [6, 6.07) is 26.4. The van der Waals surface area contributed by atoms with Gasteiger partial charge in [-0.05, 0) is 125 Å². The molecule has 5 aromatic rings. The maximum Gasteiger partial charge on any atom is 0.309 e. The molecule has 2 heterocycles. The van der Waals surface area contributed by atoms with E-state index in [0.717, 1.165) is 65.6 Å². The van der Waals surface area contributed by atoms with Crippen molar-refractivity contribution in [2.24, 2.45) is 11.8 Å². The maximum atomic E-state index is 13.9. The Morgan fingerprint density at radius 2 is 1.08 bits per heavy atom. The molecular weight excluding hydrogens is 847 g/mol. The Morgan fingerprint density at radius 1 is 0.619 bits per heavy atom. The summed E-state index contributed by atoms with van der Waals surface area (Å²) in [6.07, 6.45) is 11.4. The van der Waals surface area contributed by atoms with Crippen LogP contribution in [0.15, 0.2) is 113 Å². The lowest BCUT2D eigenvalue weighted by atomic mass is 9.84. The second kappa shape index (κ2) is 23.0. The van der Waals surface area contributed by atoms with Gasteiger partial charge in [-0.2, -0.15) is 0 Å². The topological polar surface area (TPSA) is 146 Å². The number of carbonyl (C=O) groups excluding carboxylic acids is 4. The van der Waals surface area contributed by atoms with E-state index < -0.39 is 23.4 Å². The van der Waals surface area contributed by atoms with E-state index in [0.29, 0.717) is 37.2 Å². The number of rotatable bonds is 14. The van der Waals surface area contributed by atoms with Crippen molar-refractivity contribution in [3.8, 4) is 23.3 Å². The SMILES string of the molecule is CSc1cccc(Oc2ncc(F)cc2C(=O)NC2CCC(C(=O)OCc3ccccc3)CC2)c1.CSc1cccc(Oc2ncc(F)cc2C(=O)NC2CCC(C(C)=O)CC2)c1. The summed E-state index contributed by atoms with van der Waals surface area (Å²) in [5.41, 5.74) is 1.04. The Bertz CT molecular complexity index is 2360. The first-order chi connectivity index (χ1) is 30.5. The van der Waals surface area contributed by atoms with Crippen LogP contribution in [-0.4, -0.2) is 58.1 Å². The Morgan fingerprint density at radius 3 is 1.52 bits per heavy atom. The van der Waals surface area contributed by atoms with Crippen molar-refractivity contribution in [2.75, 3.05) is 12.5 Å². The van der Waals surface area contributed by atoms with Crippen molar-refractivity contribution < 1.29 is 42.2 Å². The van der Waals surface area contributed by atoms with E-state index >= 15 is 0 Å². The Hall–Kier alpha value is -5.80. The molecule has 0 atom stereocenters. The molecule has 2 aromatic heterocycles. The van der Waals surface area contributed by atoms with E-state index in [9.17, 15) is 28.0 Å². The summed E-state index contributed by atoms with van der Waals surface area (Å²) in [7, 11) is 0. The molecule has 2 aliphatic rings. The molecule has 330 valence electrons. The van der Waals surface area contributed by atoms with Crippen molar-refractivity contribution >= 4 is 47.1 Å². The smallest absolute Gasteiger partial charge is 0.309 e. The van der Waals surface area contributed by atoms with Crippen molar-refractivity contribution in [3.63, 3.8) is 0 Å². The summed E-state index contributed by atoms with van der Waals surface area (Å²) < 4.78 is 44.7. The van der Waals surface area contributed by atoms with Crippen molar-refractivity contribution in [3.05, 3.63) is 132 Å². The van der Waals surface area contributed by atoms with Crippen molar-refractivity contribution in [1.29, 1.82) is 0 Å². The molecule has 2 fully saturated rings. The fraction of sp³-hybridized carbons (Fsp3) is 0.333. The van der Waals surface area contributed by atoms with Gasteiger partial charge in [0.15, 0.2) is 0 Å². The summed E-state index contributed by atoms with van der Waals surface area (Å²) >= 11 is 3.13. The highest BCUT2D eigenvalue weighted by Crippen LogP contribution is 2.31. The summed E-state index contributed by atoms with van der Waals surface area (Å²) in [6.45, 7) is 1.86. The number of aromatic nitrogens is 2. The van der Waals surface area contributed by atoms with Gasteiger partial charge in [-0.3, -0.25) is 19.2 Å². The monoisotopic (exact) mass is 896 g/mol. The van der Waals surface area contributed by atoms with Gasteiger partial charge >= 0.3 is 5.97 Å². The molecule has 2 amide bonds. The van der Waals surface area contributed by atoms with Gasteiger partial charge < -0.3 is 24.8 Å². The van der Waals surface area contributed by atoms with Crippen LogP contribution in [0.2, 0.25) is 0 Å². The fourth-order valence-electron chi connectivity index (χ4n) is 7.38. The van der Waals surface area contributed by atoms with Crippen LogP contribution in [0.3, 0.4) is 0 Å². The first kappa shape index (κ1) is 46.7. The Balaban J connectivity index is 0.000000215. The van der Waals surface area contributed by atoms with Gasteiger partial charge in [0.05, 0.1) is 18.3 Å². The number of Topliss-reactive ketones (excluding diaryl/α,β-unsaturated/α-hetero) is 1. The maximum absolute atomic E-state index is 13.9. The molecule has 0 aliphatic heterocycles. The molecule has 15 heteroatoms. The lowest BCUT2D eigenvalue weighted by molar-refractivity contribution is -0.151. The standard InChI is InChI=1S/C27H27FN2O4S.C21H23FN2O3S/c1-35-23-9-5-8-22(15-23)34-26-24(14-20(28)16-29-26)25(31)30-21-12-10-19(11-13-21)27(32)33-17-18-6-3-2-4-7-18;1-13(25)14-6-8-16(9-7-14)24-20(26)19-10-15(22)12-23-21(19)27-17-4-3-5-18(11-17)28-2/h2-9,14-16,19,21H,10-13,17H2,1H3,(H,30,31);3-5,10-12,14,16H,6-9H2,1-2H3,(H,24,26). The van der Waals surface area contributed by atoms with E-state index in [1.54, 1.807) is 42.6 Å². The van der Waals surface area contributed by atoms with Gasteiger partial charge in [-0.25, -0.2) is 18.7 Å². The summed E-state index contributed by atoms with van der Waals surface area (Å²) in [5, 5.41) is 5.88. The third kappa shape index (κ3) is 13.8. The molecule has 0 spiro atoms. The van der Waals surface area contributed by atoms with Gasteiger partial charge in [-0.1, -0.05) is 42.5 Å². The molecule has 63 heavy (non-hydrogen) atoms. The summed E-state index contributed by atoms with van der Waals surface area (Å²) in [4.78, 5) is 59.6. The third-order valence-electron chi connectivity index (χ3n) is 10.9. The van der Waals surface area contributed by atoms with E-state index in [1.807, 2.05) is 79.2 Å². The molecular formula is C48H50F2N4O7S2. The zero-order valence-corrected chi connectivity index (χ0v) is 36.9. The summed E-state index contributed by atoms with van der Waals surface area (Å²) in [5.74, 6) is -1.08.